The predicted molar refractivity (Wildman–Crippen MR) is 85.1 cm³/mol. The summed E-state index contributed by atoms with van der Waals surface area (Å²) in [5, 5.41) is 10.8. The highest BCUT2D eigenvalue weighted by atomic mass is 16.3. The summed E-state index contributed by atoms with van der Waals surface area (Å²) in [6, 6.07) is 14.4. The standard InChI is InChI=1S/C19H24O/c1-13-10-14(2)12-15(11-13)18(20)16-8-6-7-9-17(16)19(3,4)5/h6-12,18,20H,1-5H3. The zero-order valence-corrected chi connectivity index (χ0v) is 13.1. The zero-order valence-electron chi connectivity index (χ0n) is 13.1. The minimum absolute atomic E-state index is 0.0242. The van der Waals surface area contributed by atoms with Crippen molar-refractivity contribution in [2.45, 2.75) is 46.1 Å². The van der Waals surface area contributed by atoms with Crippen LogP contribution in [0.4, 0.5) is 0 Å². The Morgan fingerprint density at radius 1 is 0.900 bits per heavy atom. The van der Waals surface area contributed by atoms with Crippen LogP contribution in [0.25, 0.3) is 0 Å². The summed E-state index contributed by atoms with van der Waals surface area (Å²) >= 11 is 0. The summed E-state index contributed by atoms with van der Waals surface area (Å²) in [6.45, 7) is 10.7. The molecule has 0 spiro atoms. The number of hydrogen-bond acceptors (Lipinski definition) is 1. The van der Waals surface area contributed by atoms with E-state index in [-0.39, 0.29) is 5.41 Å². The number of benzene rings is 2. The van der Waals surface area contributed by atoms with Crippen molar-refractivity contribution in [2.24, 2.45) is 0 Å². The third-order valence-electron chi connectivity index (χ3n) is 3.62. The van der Waals surface area contributed by atoms with Gasteiger partial charge < -0.3 is 5.11 Å². The van der Waals surface area contributed by atoms with E-state index in [0.717, 1.165) is 11.1 Å². The highest BCUT2D eigenvalue weighted by molar-refractivity contribution is 5.41. The maximum absolute atomic E-state index is 10.8. The van der Waals surface area contributed by atoms with Gasteiger partial charge in [0, 0.05) is 0 Å². The highest BCUT2D eigenvalue weighted by Gasteiger charge is 2.22. The lowest BCUT2D eigenvalue weighted by Crippen LogP contribution is -2.16. The number of rotatable bonds is 2. The van der Waals surface area contributed by atoms with Crippen LogP contribution in [-0.4, -0.2) is 5.11 Å². The van der Waals surface area contributed by atoms with Crippen molar-refractivity contribution >= 4 is 0 Å². The molecule has 20 heavy (non-hydrogen) atoms. The van der Waals surface area contributed by atoms with Crippen molar-refractivity contribution in [3.63, 3.8) is 0 Å². The number of aliphatic hydroxyl groups is 1. The van der Waals surface area contributed by atoms with Crippen LogP contribution < -0.4 is 0 Å². The summed E-state index contributed by atoms with van der Waals surface area (Å²) in [5.41, 5.74) is 5.58. The van der Waals surface area contributed by atoms with E-state index < -0.39 is 6.10 Å². The van der Waals surface area contributed by atoms with Crippen molar-refractivity contribution in [2.75, 3.05) is 0 Å². The minimum atomic E-state index is -0.566. The molecule has 1 atom stereocenters. The lowest BCUT2D eigenvalue weighted by molar-refractivity contribution is 0.217. The lowest BCUT2D eigenvalue weighted by Gasteiger charge is -2.25. The summed E-state index contributed by atoms with van der Waals surface area (Å²) in [5.74, 6) is 0. The topological polar surface area (TPSA) is 20.2 Å². The molecule has 0 radical (unpaired) electrons. The molecule has 1 unspecified atom stereocenters. The second kappa shape index (κ2) is 5.41. The largest absolute Gasteiger partial charge is 0.384 e. The number of aliphatic hydroxyl groups excluding tert-OH is 1. The first kappa shape index (κ1) is 14.8. The first-order valence-corrected chi connectivity index (χ1v) is 7.14. The molecule has 1 N–H and O–H groups in total. The Labute approximate surface area is 122 Å². The van der Waals surface area contributed by atoms with Crippen molar-refractivity contribution in [3.05, 3.63) is 70.3 Å². The molecule has 2 aromatic rings. The second-order valence-corrected chi connectivity index (χ2v) is 6.66. The molecule has 0 saturated heterocycles. The fourth-order valence-corrected chi connectivity index (χ4v) is 2.77. The Kier molecular flexibility index (Phi) is 4.01. The monoisotopic (exact) mass is 268 g/mol. The Balaban J connectivity index is 2.51. The van der Waals surface area contributed by atoms with E-state index in [1.54, 1.807) is 0 Å². The summed E-state index contributed by atoms with van der Waals surface area (Å²) in [6.07, 6.45) is -0.566. The van der Waals surface area contributed by atoms with Crippen LogP contribution >= 0.6 is 0 Å². The van der Waals surface area contributed by atoms with Gasteiger partial charge in [0.05, 0.1) is 0 Å². The van der Waals surface area contributed by atoms with Gasteiger partial charge in [0.15, 0.2) is 0 Å². The van der Waals surface area contributed by atoms with Gasteiger partial charge >= 0.3 is 0 Å². The van der Waals surface area contributed by atoms with Gasteiger partial charge in [-0.05, 0) is 36.0 Å². The van der Waals surface area contributed by atoms with E-state index in [1.807, 2.05) is 18.2 Å². The quantitative estimate of drug-likeness (QED) is 0.838. The van der Waals surface area contributed by atoms with Crippen LogP contribution in [-0.2, 0) is 5.41 Å². The van der Waals surface area contributed by atoms with Gasteiger partial charge in [-0.2, -0.15) is 0 Å². The average molecular weight is 268 g/mol. The van der Waals surface area contributed by atoms with Crippen LogP contribution in [0, 0.1) is 13.8 Å². The molecule has 0 heterocycles. The molecule has 2 aromatic carbocycles. The lowest BCUT2D eigenvalue weighted by atomic mass is 9.81. The van der Waals surface area contributed by atoms with Crippen molar-refractivity contribution in [1.29, 1.82) is 0 Å². The first-order chi connectivity index (χ1) is 9.29. The Hall–Kier alpha value is -1.60. The third-order valence-corrected chi connectivity index (χ3v) is 3.62. The zero-order chi connectivity index (χ0) is 14.9. The van der Waals surface area contributed by atoms with Crippen LogP contribution in [0.5, 0.6) is 0 Å². The Morgan fingerprint density at radius 2 is 1.45 bits per heavy atom. The van der Waals surface area contributed by atoms with Gasteiger partial charge in [0.1, 0.15) is 6.10 Å². The Morgan fingerprint density at radius 3 is 2.00 bits per heavy atom. The summed E-state index contributed by atoms with van der Waals surface area (Å²) in [7, 11) is 0. The predicted octanol–water partition coefficient (Wildman–Crippen LogP) is 4.68. The molecule has 0 aliphatic carbocycles. The van der Waals surface area contributed by atoms with Crippen LogP contribution in [0.2, 0.25) is 0 Å². The molecule has 0 amide bonds. The van der Waals surface area contributed by atoms with Crippen molar-refractivity contribution in [1.82, 2.24) is 0 Å². The summed E-state index contributed by atoms with van der Waals surface area (Å²) < 4.78 is 0. The van der Waals surface area contributed by atoms with Gasteiger partial charge in [-0.25, -0.2) is 0 Å². The molecule has 0 bridgehead atoms. The van der Waals surface area contributed by atoms with Crippen molar-refractivity contribution in [3.8, 4) is 0 Å². The highest BCUT2D eigenvalue weighted by Crippen LogP contribution is 2.33. The SMILES string of the molecule is Cc1cc(C)cc(C(O)c2ccccc2C(C)(C)C)c1. The molecule has 1 heteroatoms. The molecular formula is C19H24O. The van der Waals surface area contributed by atoms with Crippen LogP contribution in [0.3, 0.4) is 0 Å². The van der Waals surface area contributed by atoms with Crippen molar-refractivity contribution < 1.29 is 5.11 Å². The fourth-order valence-electron chi connectivity index (χ4n) is 2.77. The number of aryl methyl sites for hydroxylation is 2. The minimum Gasteiger partial charge on any atom is -0.384 e. The van der Waals surface area contributed by atoms with E-state index in [2.05, 4.69) is 58.9 Å². The van der Waals surface area contributed by atoms with Gasteiger partial charge in [-0.15, -0.1) is 0 Å². The number of hydrogen-bond donors (Lipinski definition) is 1. The molecule has 0 aromatic heterocycles. The second-order valence-electron chi connectivity index (χ2n) is 6.66. The molecular weight excluding hydrogens is 244 g/mol. The smallest absolute Gasteiger partial charge is 0.104 e. The molecule has 106 valence electrons. The maximum atomic E-state index is 10.8. The molecule has 1 nitrogen and oxygen atoms in total. The molecule has 2 rings (SSSR count). The Bertz CT molecular complexity index is 585. The van der Waals surface area contributed by atoms with Gasteiger partial charge in [-0.1, -0.05) is 74.4 Å². The average Bonchev–Trinajstić information content (AvgIpc) is 2.35. The molecule has 0 aliphatic rings. The first-order valence-electron chi connectivity index (χ1n) is 7.14. The van der Waals surface area contributed by atoms with E-state index in [4.69, 9.17) is 0 Å². The van der Waals surface area contributed by atoms with E-state index >= 15 is 0 Å². The fraction of sp³-hybridized carbons (Fsp3) is 0.368. The van der Waals surface area contributed by atoms with Crippen LogP contribution in [0.1, 0.15) is 54.7 Å². The third kappa shape index (κ3) is 3.10. The van der Waals surface area contributed by atoms with Gasteiger partial charge in [0.25, 0.3) is 0 Å². The maximum Gasteiger partial charge on any atom is 0.104 e. The molecule has 0 aliphatic heterocycles. The summed E-state index contributed by atoms with van der Waals surface area (Å²) in [4.78, 5) is 0. The normalized spacial score (nSPS) is 13.3. The van der Waals surface area contributed by atoms with E-state index in [9.17, 15) is 5.11 Å². The van der Waals surface area contributed by atoms with Gasteiger partial charge in [-0.3, -0.25) is 0 Å². The van der Waals surface area contributed by atoms with Crippen LogP contribution in [0.15, 0.2) is 42.5 Å². The van der Waals surface area contributed by atoms with Gasteiger partial charge in [0.2, 0.25) is 0 Å². The molecule has 0 saturated carbocycles. The van der Waals surface area contributed by atoms with E-state index in [0.29, 0.717) is 0 Å². The van der Waals surface area contributed by atoms with E-state index in [1.165, 1.54) is 16.7 Å². The molecule has 0 fully saturated rings.